The molecule has 0 aliphatic carbocycles. The van der Waals surface area contributed by atoms with E-state index in [-0.39, 0.29) is 0 Å². The lowest BCUT2D eigenvalue weighted by Gasteiger charge is -2.08. The fourth-order valence-corrected chi connectivity index (χ4v) is 2.19. The number of nitrogens with zero attached hydrogens (tertiary/aromatic N) is 2. The first-order valence-electron chi connectivity index (χ1n) is 4.89. The molecule has 0 saturated heterocycles. The molecule has 0 atom stereocenters. The summed E-state index contributed by atoms with van der Waals surface area (Å²) in [6.07, 6.45) is 8.09. The topological polar surface area (TPSA) is 76.4 Å². The number of hydrogen-bond donors (Lipinski definition) is 2. The molecular formula is C11H12N4OS. The normalized spacial score (nSPS) is 11.7. The molecule has 0 spiro atoms. The first-order chi connectivity index (χ1) is 8.28. The van der Waals surface area contributed by atoms with Crippen LogP contribution in [0.15, 0.2) is 40.7 Å². The van der Waals surface area contributed by atoms with Gasteiger partial charge in [0, 0.05) is 42.0 Å². The summed E-state index contributed by atoms with van der Waals surface area (Å²) in [7, 11) is 1.61. The molecule has 2 aromatic heterocycles. The number of ether oxygens (including phenoxy) is 1. The predicted molar refractivity (Wildman–Crippen MR) is 68.7 cm³/mol. The van der Waals surface area contributed by atoms with Gasteiger partial charge in [0.25, 0.3) is 0 Å². The maximum atomic E-state index is 7.22. The van der Waals surface area contributed by atoms with Gasteiger partial charge in [0.15, 0.2) is 0 Å². The van der Waals surface area contributed by atoms with Crippen LogP contribution in [0.1, 0.15) is 0 Å². The third-order valence-electron chi connectivity index (χ3n) is 2.21. The largest absolute Gasteiger partial charge is 0.495 e. The minimum absolute atomic E-state index is 0.655. The van der Waals surface area contributed by atoms with E-state index in [2.05, 4.69) is 4.98 Å². The summed E-state index contributed by atoms with van der Waals surface area (Å²) in [6.45, 7) is 0. The molecule has 2 aromatic rings. The van der Waals surface area contributed by atoms with Crippen LogP contribution in [-0.4, -0.2) is 22.7 Å². The van der Waals surface area contributed by atoms with E-state index in [4.69, 9.17) is 15.9 Å². The second-order valence-electron chi connectivity index (χ2n) is 3.21. The van der Waals surface area contributed by atoms with Gasteiger partial charge in [-0.25, -0.2) is 4.98 Å². The van der Waals surface area contributed by atoms with Gasteiger partial charge in [-0.15, -0.1) is 0 Å². The van der Waals surface area contributed by atoms with Crippen LogP contribution in [0, 0.1) is 5.41 Å². The Labute approximate surface area is 103 Å². The lowest BCUT2D eigenvalue weighted by atomic mass is 10.4. The molecule has 0 aliphatic rings. The monoisotopic (exact) mass is 248 g/mol. The molecule has 88 valence electrons. The second kappa shape index (κ2) is 4.92. The van der Waals surface area contributed by atoms with E-state index in [0.717, 1.165) is 16.3 Å². The van der Waals surface area contributed by atoms with E-state index in [0.29, 0.717) is 4.91 Å². The van der Waals surface area contributed by atoms with E-state index >= 15 is 0 Å². The molecule has 0 fully saturated rings. The summed E-state index contributed by atoms with van der Waals surface area (Å²) < 4.78 is 7.19. The average Bonchev–Trinajstić information content (AvgIpc) is 2.81. The van der Waals surface area contributed by atoms with Crippen molar-refractivity contribution in [3.8, 4) is 5.75 Å². The molecule has 0 aromatic carbocycles. The zero-order valence-electron chi connectivity index (χ0n) is 9.25. The smallest absolute Gasteiger partial charge is 0.140 e. The third kappa shape index (κ3) is 2.26. The van der Waals surface area contributed by atoms with Crippen LogP contribution in [0.25, 0.3) is 5.65 Å². The first-order valence-corrected chi connectivity index (χ1v) is 5.71. The summed E-state index contributed by atoms with van der Waals surface area (Å²) in [6, 6.07) is 1.85. The number of methoxy groups -OCH3 is 1. The van der Waals surface area contributed by atoms with E-state index in [1.165, 1.54) is 24.2 Å². The summed E-state index contributed by atoms with van der Waals surface area (Å²) in [5, 5.41) is 7.22. The molecule has 0 aliphatic heterocycles. The minimum Gasteiger partial charge on any atom is -0.495 e. The number of rotatable bonds is 4. The van der Waals surface area contributed by atoms with E-state index in [1.807, 2.05) is 22.9 Å². The maximum Gasteiger partial charge on any atom is 0.140 e. The van der Waals surface area contributed by atoms with Crippen LogP contribution < -0.4 is 10.5 Å². The molecule has 6 heteroatoms. The van der Waals surface area contributed by atoms with Crippen LogP contribution in [0.5, 0.6) is 5.75 Å². The Morgan fingerprint density at radius 1 is 1.65 bits per heavy atom. The Balaban J connectivity index is 2.46. The van der Waals surface area contributed by atoms with Crippen molar-refractivity contribution in [1.82, 2.24) is 9.38 Å². The number of fused-ring (bicyclic) bond motifs is 1. The highest BCUT2D eigenvalue weighted by molar-refractivity contribution is 8.04. The number of thioether (sulfide) groups is 1. The van der Waals surface area contributed by atoms with Gasteiger partial charge < -0.3 is 20.3 Å². The van der Waals surface area contributed by atoms with Gasteiger partial charge in [-0.3, -0.25) is 0 Å². The van der Waals surface area contributed by atoms with Gasteiger partial charge >= 0.3 is 0 Å². The zero-order chi connectivity index (χ0) is 12.3. The van der Waals surface area contributed by atoms with Crippen LogP contribution in [0.2, 0.25) is 0 Å². The van der Waals surface area contributed by atoms with Gasteiger partial charge in [0.05, 0.1) is 12.0 Å². The second-order valence-corrected chi connectivity index (χ2v) is 4.33. The molecule has 0 radical (unpaired) electrons. The van der Waals surface area contributed by atoms with Crippen molar-refractivity contribution in [3.05, 3.63) is 35.8 Å². The van der Waals surface area contributed by atoms with Crippen molar-refractivity contribution in [2.24, 2.45) is 5.73 Å². The van der Waals surface area contributed by atoms with E-state index in [1.54, 1.807) is 13.3 Å². The van der Waals surface area contributed by atoms with Gasteiger partial charge in [-0.2, -0.15) is 0 Å². The SMILES string of the molecule is COc1cc2nccn2cc1S/C(C=N)=C/N. The number of nitrogens with one attached hydrogen (secondary N) is 1. The molecule has 2 rings (SSSR count). The van der Waals surface area contributed by atoms with Crippen molar-refractivity contribution in [2.45, 2.75) is 4.90 Å². The van der Waals surface area contributed by atoms with Crippen LogP contribution in [-0.2, 0) is 0 Å². The summed E-state index contributed by atoms with van der Waals surface area (Å²) >= 11 is 1.38. The summed E-state index contributed by atoms with van der Waals surface area (Å²) in [5.41, 5.74) is 6.24. The molecule has 0 saturated carbocycles. The zero-order valence-corrected chi connectivity index (χ0v) is 10.1. The predicted octanol–water partition coefficient (Wildman–Crippen LogP) is 1.88. The fourth-order valence-electron chi connectivity index (χ4n) is 1.40. The van der Waals surface area contributed by atoms with Crippen molar-refractivity contribution in [1.29, 1.82) is 5.41 Å². The summed E-state index contributed by atoms with van der Waals surface area (Å²) in [5.74, 6) is 0.718. The first kappa shape index (κ1) is 11.5. The molecule has 3 N–H and O–H groups in total. The van der Waals surface area contributed by atoms with Crippen molar-refractivity contribution in [3.63, 3.8) is 0 Å². The lowest BCUT2D eigenvalue weighted by molar-refractivity contribution is 0.404. The van der Waals surface area contributed by atoms with Crippen molar-refractivity contribution < 1.29 is 4.74 Å². The molecular weight excluding hydrogens is 236 g/mol. The van der Waals surface area contributed by atoms with E-state index < -0.39 is 0 Å². The number of imidazole rings is 1. The summed E-state index contributed by atoms with van der Waals surface area (Å²) in [4.78, 5) is 5.72. The quantitative estimate of drug-likeness (QED) is 0.640. The highest BCUT2D eigenvalue weighted by Gasteiger charge is 2.08. The molecule has 0 unspecified atom stereocenters. The Morgan fingerprint density at radius 2 is 2.47 bits per heavy atom. The van der Waals surface area contributed by atoms with Gasteiger partial charge in [0.1, 0.15) is 11.4 Å². The Kier molecular flexibility index (Phi) is 3.34. The molecule has 0 amide bonds. The number of hydrogen-bond acceptors (Lipinski definition) is 5. The standard InChI is InChI=1S/C11H12N4OS/c1-16-9-4-11-14-2-3-15(11)7-10(9)17-8(5-12)6-13/h2-7,12H,13H2,1H3/b8-6+,12-5?. The fraction of sp³-hybridized carbons (Fsp3) is 0.0909. The highest BCUT2D eigenvalue weighted by atomic mass is 32.2. The highest BCUT2D eigenvalue weighted by Crippen LogP contribution is 2.33. The van der Waals surface area contributed by atoms with Gasteiger partial charge in [-0.1, -0.05) is 11.8 Å². The van der Waals surface area contributed by atoms with Gasteiger partial charge in [-0.05, 0) is 0 Å². The molecule has 5 nitrogen and oxygen atoms in total. The number of nitrogens with two attached hydrogens (primary N) is 1. The van der Waals surface area contributed by atoms with Crippen LogP contribution in [0.3, 0.4) is 0 Å². The molecule has 2 heterocycles. The molecule has 0 bridgehead atoms. The lowest BCUT2D eigenvalue weighted by Crippen LogP contribution is -1.93. The van der Waals surface area contributed by atoms with E-state index in [9.17, 15) is 0 Å². The van der Waals surface area contributed by atoms with Crippen LogP contribution >= 0.6 is 11.8 Å². The Bertz CT molecular complexity index is 576. The number of allylic oxidation sites excluding steroid dienone is 1. The Morgan fingerprint density at radius 3 is 3.12 bits per heavy atom. The molecule has 17 heavy (non-hydrogen) atoms. The number of pyridine rings is 1. The average molecular weight is 248 g/mol. The van der Waals surface area contributed by atoms with Crippen molar-refractivity contribution >= 4 is 23.6 Å². The number of aromatic nitrogens is 2. The van der Waals surface area contributed by atoms with Crippen LogP contribution in [0.4, 0.5) is 0 Å². The van der Waals surface area contributed by atoms with Gasteiger partial charge in [0.2, 0.25) is 0 Å². The van der Waals surface area contributed by atoms with Crippen molar-refractivity contribution in [2.75, 3.05) is 7.11 Å². The maximum absolute atomic E-state index is 7.22. The minimum atomic E-state index is 0.655. The Hall–Kier alpha value is -1.95. The third-order valence-corrected chi connectivity index (χ3v) is 3.23.